The normalized spacial score (nSPS) is 12.5. The Morgan fingerprint density at radius 2 is 1.67 bits per heavy atom. The van der Waals surface area contributed by atoms with Gasteiger partial charge in [-0.2, -0.15) is 17.5 Å². The van der Waals surface area contributed by atoms with Gasteiger partial charge in [-0.3, -0.25) is 4.79 Å². The van der Waals surface area contributed by atoms with Gasteiger partial charge in [0, 0.05) is 27.7 Å². The molecular formula is C14H19F3N2O4S. The number of ether oxygens (including phenoxy) is 1. The van der Waals surface area contributed by atoms with Crippen molar-refractivity contribution < 1.29 is 31.1 Å². The van der Waals surface area contributed by atoms with Crippen LogP contribution in [0.4, 0.5) is 13.2 Å². The lowest BCUT2D eigenvalue weighted by Crippen LogP contribution is -2.32. The van der Waals surface area contributed by atoms with E-state index in [0.717, 1.165) is 16.4 Å². The predicted octanol–water partition coefficient (Wildman–Crippen LogP) is 1.43. The Morgan fingerprint density at radius 3 is 2.12 bits per heavy atom. The molecule has 0 radical (unpaired) electrons. The Balaban J connectivity index is 2.65. The molecule has 0 bridgehead atoms. The van der Waals surface area contributed by atoms with E-state index in [1.807, 2.05) is 0 Å². The average Bonchev–Trinajstić information content (AvgIpc) is 2.50. The van der Waals surface area contributed by atoms with E-state index < -0.39 is 21.8 Å². The molecule has 0 saturated carbocycles. The molecule has 0 fully saturated rings. The summed E-state index contributed by atoms with van der Waals surface area (Å²) in [6.07, 6.45) is -4.53. The van der Waals surface area contributed by atoms with Gasteiger partial charge in [0.1, 0.15) is 6.61 Å². The van der Waals surface area contributed by atoms with E-state index in [-0.39, 0.29) is 30.6 Å². The molecule has 6 nitrogen and oxygen atoms in total. The topological polar surface area (TPSA) is 66.9 Å². The van der Waals surface area contributed by atoms with Gasteiger partial charge in [0.05, 0.1) is 17.1 Å². The van der Waals surface area contributed by atoms with Crippen molar-refractivity contribution in [3.8, 4) is 0 Å². The molecule has 136 valence electrons. The Kier molecular flexibility index (Phi) is 6.76. The molecule has 0 aromatic heterocycles. The number of rotatable bonds is 7. The number of hydrogen-bond donors (Lipinski definition) is 0. The van der Waals surface area contributed by atoms with E-state index in [0.29, 0.717) is 12.1 Å². The van der Waals surface area contributed by atoms with Crippen molar-refractivity contribution in [2.24, 2.45) is 0 Å². The predicted molar refractivity (Wildman–Crippen MR) is 80.8 cm³/mol. The first-order chi connectivity index (χ1) is 11.0. The van der Waals surface area contributed by atoms with Crippen LogP contribution in [-0.2, 0) is 25.7 Å². The summed E-state index contributed by atoms with van der Waals surface area (Å²) in [6, 6.07) is 3.25. The first-order valence-corrected chi connectivity index (χ1v) is 8.31. The summed E-state index contributed by atoms with van der Waals surface area (Å²) in [6.45, 7) is -0.235. The molecule has 1 amide bonds. The number of amides is 1. The zero-order chi connectivity index (χ0) is 18.5. The van der Waals surface area contributed by atoms with Crippen molar-refractivity contribution >= 4 is 15.9 Å². The van der Waals surface area contributed by atoms with Gasteiger partial charge >= 0.3 is 6.18 Å². The zero-order valence-electron chi connectivity index (χ0n) is 13.5. The fraction of sp³-hybridized carbons (Fsp3) is 0.500. The van der Waals surface area contributed by atoms with Crippen molar-refractivity contribution in [1.29, 1.82) is 0 Å². The molecule has 0 saturated heterocycles. The van der Waals surface area contributed by atoms with Gasteiger partial charge in [-0.25, -0.2) is 8.42 Å². The number of carbonyl (C=O) groups excluding carboxylic acids is 1. The number of alkyl halides is 3. The van der Waals surface area contributed by atoms with Crippen LogP contribution in [0.3, 0.4) is 0 Å². The lowest BCUT2D eigenvalue weighted by atomic mass is 10.2. The van der Waals surface area contributed by atoms with E-state index in [1.54, 1.807) is 14.1 Å². The highest BCUT2D eigenvalue weighted by Gasteiger charge is 2.31. The largest absolute Gasteiger partial charge is 0.416 e. The number of halogens is 3. The lowest BCUT2D eigenvalue weighted by molar-refractivity contribution is -0.137. The average molecular weight is 368 g/mol. The summed E-state index contributed by atoms with van der Waals surface area (Å²) in [7, 11) is 0.479. The Bertz CT molecular complexity index is 658. The third-order valence-corrected chi connectivity index (χ3v) is 5.04. The lowest BCUT2D eigenvalue weighted by Gasteiger charge is -2.18. The Morgan fingerprint density at radius 1 is 1.12 bits per heavy atom. The Hall–Kier alpha value is -1.65. The number of carbonyl (C=O) groups is 1. The van der Waals surface area contributed by atoms with E-state index in [9.17, 15) is 26.4 Å². The molecule has 1 rings (SSSR count). The number of likely N-dealkylation sites (N-methyl/N-ethyl adjacent to an activating group) is 2. The summed E-state index contributed by atoms with van der Waals surface area (Å²) in [4.78, 5) is 12.4. The van der Waals surface area contributed by atoms with Crippen LogP contribution >= 0.6 is 0 Å². The minimum Gasteiger partial charge on any atom is -0.370 e. The highest BCUT2D eigenvalue weighted by molar-refractivity contribution is 7.89. The third kappa shape index (κ3) is 5.46. The van der Waals surface area contributed by atoms with Gasteiger partial charge < -0.3 is 9.64 Å². The molecule has 0 N–H and O–H groups in total. The SMILES string of the molecule is CN(C)C(=O)COCCN(C)S(=O)(=O)c1ccc(C(F)(F)F)cc1. The quantitative estimate of drug-likeness (QED) is 0.683. The fourth-order valence-electron chi connectivity index (χ4n) is 1.60. The van der Waals surface area contributed by atoms with Crippen LogP contribution in [-0.4, -0.2) is 64.4 Å². The molecule has 0 aliphatic rings. The molecule has 24 heavy (non-hydrogen) atoms. The minimum absolute atomic E-state index is 0.0179. The van der Waals surface area contributed by atoms with Crippen LogP contribution in [0.15, 0.2) is 29.2 Å². The monoisotopic (exact) mass is 368 g/mol. The Labute approximate surface area is 138 Å². The maximum Gasteiger partial charge on any atom is 0.416 e. The molecule has 1 aromatic carbocycles. The molecule has 0 spiro atoms. The van der Waals surface area contributed by atoms with E-state index >= 15 is 0 Å². The fourth-order valence-corrected chi connectivity index (χ4v) is 2.75. The number of sulfonamides is 1. The smallest absolute Gasteiger partial charge is 0.370 e. The van der Waals surface area contributed by atoms with Crippen molar-refractivity contribution in [1.82, 2.24) is 9.21 Å². The summed E-state index contributed by atoms with van der Waals surface area (Å²) in [5, 5.41) is 0. The summed E-state index contributed by atoms with van der Waals surface area (Å²) < 4.78 is 68.0. The second-order valence-electron chi connectivity index (χ2n) is 5.19. The summed E-state index contributed by atoms with van der Waals surface area (Å²) in [5.74, 6) is -0.261. The minimum atomic E-state index is -4.53. The van der Waals surface area contributed by atoms with E-state index in [4.69, 9.17) is 4.74 Å². The molecular weight excluding hydrogens is 349 g/mol. The van der Waals surface area contributed by atoms with Gasteiger partial charge in [0.15, 0.2) is 0 Å². The van der Waals surface area contributed by atoms with Crippen LogP contribution in [0.25, 0.3) is 0 Å². The van der Waals surface area contributed by atoms with Crippen LogP contribution in [0.2, 0.25) is 0 Å². The third-order valence-electron chi connectivity index (χ3n) is 3.16. The van der Waals surface area contributed by atoms with Gasteiger partial charge in [-0.15, -0.1) is 0 Å². The summed E-state index contributed by atoms with van der Waals surface area (Å²) >= 11 is 0. The van der Waals surface area contributed by atoms with Gasteiger partial charge in [-0.05, 0) is 24.3 Å². The molecule has 0 atom stereocenters. The highest BCUT2D eigenvalue weighted by atomic mass is 32.2. The van der Waals surface area contributed by atoms with Crippen LogP contribution in [0.5, 0.6) is 0 Å². The van der Waals surface area contributed by atoms with Crippen LogP contribution < -0.4 is 0 Å². The van der Waals surface area contributed by atoms with Gasteiger partial charge in [-0.1, -0.05) is 0 Å². The molecule has 0 aliphatic heterocycles. The van der Waals surface area contributed by atoms with E-state index in [2.05, 4.69) is 0 Å². The highest BCUT2D eigenvalue weighted by Crippen LogP contribution is 2.30. The molecule has 10 heteroatoms. The summed E-state index contributed by atoms with van der Waals surface area (Å²) in [5.41, 5.74) is -0.922. The first kappa shape index (κ1) is 20.4. The zero-order valence-corrected chi connectivity index (χ0v) is 14.3. The second kappa shape index (κ2) is 7.95. The molecule has 0 aliphatic carbocycles. The second-order valence-corrected chi connectivity index (χ2v) is 7.23. The molecule has 0 heterocycles. The van der Waals surface area contributed by atoms with Crippen molar-refractivity contribution in [3.05, 3.63) is 29.8 Å². The number of hydrogen-bond acceptors (Lipinski definition) is 4. The van der Waals surface area contributed by atoms with Gasteiger partial charge in [0.2, 0.25) is 15.9 Å². The van der Waals surface area contributed by atoms with Crippen molar-refractivity contribution in [3.63, 3.8) is 0 Å². The van der Waals surface area contributed by atoms with Crippen LogP contribution in [0.1, 0.15) is 5.56 Å². The van der Waals surface area contributed by atoms with Crippen LogP contribution in [0, 0.1) is 0 Å². The van der Waals surface area contributed by atoms with Gasteiger partial charge in [0.25, 0.3) is 0 Å². The van der Waals surface area contributed by atoms with Crippen molar-refractivity contribution in [2.45, 2.75) is 11.1 Å². The van der Waals surface area contributed by atoms with E-state index in [1.165, 1.54) is 11.9 Å². The van der Waals surface area contributed by atoms with Crippen molar-refractivity contribution in [2.75, 3.05) is 40.9 Å². The standard InChI is InChI=1S/C14H19F3N2O4S/c1-18(2)13(20)10-23-9-8-19(3)24(21,22)12-6-4-11(5-7-12)14(15,16)17/h4-7H,8-10H2,1-3H3. The molecule has 0 unspecified atom stereocenters. The maximum atomic E-state index is 12.5. The molecule has 1 aromatic rings. The maximum absolute atomic E-state index is 12.5. The first-order valence-electron chi connectivity index (χ1n) is 6.87. The number of nitrogens with zero attached hydrogens (tertiary/aromatic N) is 2. The number of benzene rings is 1.